The van der Waals surface area contributed by atoms with Crippen molar-refractivity contribution in [1.29, 1.82) is 0 Å². The van der Waals surface area contributed by atoms with E-state index in [2.05, 4.69) is 280 Å². The van der Waals surface area contributed by atoms with Gasteiger partial charge < -0.3 is 9.80 Å². The molecule has 0 bridgehead atoms. The van der Waals surface area contributed by atoms with Crippen molar-refractivity contribution in [2.24, 2.45) is 0 Å². The minimum atomic E-state index is 1.10. The zero-order valence-corrected chi connectivity index (χ0v) is 39.0. The molecule has 0 radical (unpaired) electrons. The lowest BCUT2D eigenvalue weighted by molar-refractivity contribution is 1.27. The Labute approximate surface area is 400 Å². The zero-order chi connectivity index (χ0) is 46.1. The van der Waals surface area contributed by atoms with Crippen LogP contribution in [0.4, 0.5) is 34.1 Å². The SMILES string of the molecule is Cc1ccc(N(c2ccc(C)cc2)c2ccc3c(-c4ccc(-c5ccccc5)cc4)c4cc(N(c5ccc(C)cc5)c5ccc(C)cc5)ccc4c(-c4ccc(-c5ccccc5)cc4)c3c2)cc1. The number of aryl methyl sites for hydroxylation is 4. The van der Waals surface area contributed by atoms with E-state index < -0.39 is 0 Å². The maximum atomic E-state index is 2.43. The molecule has 68 heavy (non-hydrogen) atoms. The van der Waals surface area contributed by atoms with Crippen LogP contribution in [0.3, 0.4) is 0 Å². The summed E-state index contributed by atoms with van der Waals surface area (Å²) in [4.78, 5) is 4.78. The number of fused-ring (bicyclic) bond motifs is 2. The van der Waals surface area contributed by atoms with Crippen LogP contribution in [0.5, 0.6) is 0 Å². The highest BCUT2D eigenvalue weighted by Gasteiger charge is 2.22. The number of nitrogens with zero attached hydrogens (tertiary/aromatic N) is 2. The van der Waals surface area contributed by atoms with E-state index in [4.69, 9.17) is 0 Å². The summed E-state index contributed by atoms with van der Waals surface area (Å²) in [7, 11) is 0. The molecule has 0 aliphatic heterocycles. The fraction of sp³-hybridized carbons (Fsp3) is 0.0606. The van der Waals surface area contributed by atoms with Crippen molar-refractivity contribution in [1.82, 2.24) is 0 Å². The average Bonchev–Trinajstić information content (AvgIpc) is 3.38. The second kappa shape index (κ2) is 18.1. The minimum absolute atomic E-state index is 1.10. The predicted octanol–water partition coefficient (Wildman–Crippen LogP) is 18.8. The van der Waals surface area contributed by atoms with Crippen molar-refractivity contribution in [2.75, 3.05) is 9.80 Å². The molecular formula is C66H52N2. The molecule has 0 aliphatic rings. The lowest BCUT2D eigenvalue weighted by Gasteiger charge is -2.28. The first kappa shape index (κ1) is 42.2. The van der Waals surface area contributed by atoms with Crippen LogP contribution >= 0.6 is 0 Å². The zero-order valence-electron chi connectivity index (χ0n) is 39.0. The Morgan fingerprint density at radius 2 is 0.456 bits per heavy atom. The third-order valence-electron chi connectivity index (χ3n) is 13.3. The predicted molar refractivity (Wildman–Crippen MR) is 292 cm³/mol. The molecule has 0 atom stereocenters. The molecule has 2 nitrogen and oxygen atoms in total. The van der Waals surface area contributed by atoms with Gasteiger partial charge in [-0.1, -0.05) is 192 Å². The second-order valence-electron chi connectivity index (χ2n) is 18.1. The van der Waals surface area contributed by atoms with Gasteiger partial charge in [-0.3, -0.25) is 0 Å². The van der Waals surface area contributed by atoms with Crippen molar-refractivity contribution in [3.8, 4) is 44.5 Å². The summed E-state index contributed by atoms with van der Waals surface area (Å²) < 4.78 is 0. The van der Waals surface area contributed by atoms with Gasteiger partial charge in [0.05, 0.1) is 0 Å². The van der Waals surface area contributed by atoms with Crippen LogP contribution in [-0.2, 0) is 0 Å². The number of benzene rings is 11. The first-order valence-electron chi connectivity index (χ1n) is 23.6. The topological polar surface area (TPSA) is 6.48 Å². The number of hydrogen-bond acceptors (Lipinski definition) is 2. The van der Waals surface area contributed by atoms with Gasteiger partial charge in [0.2, 0.25) is 0 Å². The summed E-state index contributed by atoms with van der Waals surface area (Å²) in [5.74, 6) is 0. The third-order valence-corrected chi connectivity index (χ3v) is 13.3. The molecule has 0 unspecified atom stereocenters. The first-order chi connectivity index (χ1) is 33.3. The molecule has 0 aromatic heterocycles. The van der Waals surface area contributed by atoms with Crippen molar-refractivity contribution in [3.63, 3.8) is 0 Å². The molecular weight excluding hydrogens is 821 g/mol. The van der Waals surface area contributed by atoms with Crippen LogP contribution in [0, 0.1) is 27.7 Å². The molecule has 0 fully saturated rings. The van der Waals surface area contributed by atoms with Gasteiger partial charge in [-0.25, -0.2) is 0 Å². The van der Waals surface area contributed by atoms with Crippen LogP contribution < -0.4 is 9.80 Å². The van der Waals surface area contributed by atoms with Gasteiger partial charge in [0, 0.05) is 34.1 Å². The Morgan fingerprint density at radius 3 is 0.750 bits per heavy atom. The first-order valence-corrected chi connectivity index (χ1v) is 23.6. The van der Waals surface area contributed by atoms with Gasteiger partial charge in [0.1, 0.15) is 0 Å². The molecule has 0 amide bonds. The van der Waals surface area contributed by atoms with E-state index in [1.807, 2.05) is 0 Å². The largest absolute Gasteiger partial charge is 0.310 e. The molecule has 0 saturated heterocycles. The van der Waals surface area contributed by atoms with E-state index in [9.17, 15) is 0 Å². The summed E-state index contributed by atoms with van der Waals surface area (Å²) >= 11 is 0. The van der Waals surface area contributed by atoms with E-state index in [0.717, 1.165) is 34.1 Å². The fourth-order valence-corrected chi connectivity index (χ4v) is 9.69. The monoisotopic (exact) mass is 872 g/mol. The summed E-state index contributed by atoms with van der Waals surface area (Å²) in [6.07, 6.45) is 0. The molecule has 0 N–H and O–H groups in total. The van der Waals surface area contributed by atoms with Crippen molar-refractivity contribution >= 4 is 55.7 Å². The van der Waals surface area contributed by atoms with Gasteiger partial charge in [-0.2, -0.15) is 0 Å². The maximum absolute atomic E-state index is 2.43. The van der Waals surface area contributed by atoms with Crippen molar-refractivity contribution in [2.45, 2.75) is 27.7 Å². The van der Waals surface area contributed by atoms with Gasteiger partial charge in [-0.05, 0) is 167 Å². The van der Waals surface area contributed by atoms with Gasteiger partial charge in [0.25, 0.3) is 0 Å². The number of anilines is 6. The highest BCUT2D eigenvalue weighted by molar-refractivity contribution is 6.22. The Kier molecular flexibility index (Phi) is 11.2. The summed E-state index contributed by atoms with van der Waals surface area (Å²) in [6, 6.07) is 89.4. The van der Waals surface area contributed by atoms with E-state index in [-0.39, 0.29) is 0 Å². The van der Waals surface area contributed by atoms with Gasteiger partial charge >= 0.3 is 0 Å². The normalized spacial score (nSPS) is 11.2. The highest BCUT2D eigenvalue weighted by atomic mass is 15.1. The van der Waals surface area contributed by atoms with Crippen LogP contribution in [0.1, 0.15) is 22.3 Å². The number of hydrogen-bond donors (Lipinski definition) is 0. The van der Waals surface area contributed by atoms with E-state index in [0.29, 0.717) is 0 Å². The standard InChI is InChI=1S/C66H52N2/c1-45-15-31-55(32-16-45)67(56-33-17-46(2)18-34-56)59-39-41-61-63(43-59)65(53-27-23-51(24-28-53)49-11-7-5-8-12-49)62-42-40-60(68(57-35-19-47(3)20-36-57)58-37-21-48(4)22-38-58)44-64(62)66(61)54-29-25-52(26-30-54)50-13-9-6-10-14-50/h5-44H,1-4H3. The fourth-order valence-electron chi connectivity index (χ4n) is 9.69. The molecule has 2 heteroatoms. The third kappa shape index (κ3) is 8.23. The molecule has 0 spiro atoms. The molecule has 11 aromatic rings. The Hall–Kier alpha value is -8.46. The van der Waals surface area contributed by atoms with Crippen molar-refractivity contribution in [3.05, 3.63) is 265 Å². The van der Waals surface area contributed by atoms with Crippen molar-refractivity contribution < 1.29 is 0 Å². The van der Waals surface area contributed by atoms with Crippen LogP contribution in [0.25, 0.3) is 66.1 Å². The summed E-state index contributed by atoms with van der Waals surface area (Å²) in [5, 5.41) is 4.77. The maximum Gasteiger partial charge on any atom is 0.0468 e. The van der Waals surface area contributed by atoms with Crippen LogP contribution in [-0.4, -0.2) is 0 Å². The molecule has 0 aliphatic carbocycles. The summed E-state index contributed by atoms with van der Waals surface area (Å²) in [5.41, 5.74) is 21.1. The smallest absolute Gasteiger partial charge is 0.0468 e. The Bertz CT molecular complexity index is 3190. The van der Waals surface area contributed by atoms with Gasteiger partial charge in [-0.15, -0.1) is 0 Å². The quantitative estimate of drug-likeness (QED) is 0.126. The molecule has 0 heterocycles. The van der Waals surface area contributed by atoms with Crippen LogP contribution in [0.15, 0.2) is 243 Å². The number of rotatable bonds is 10. The second-order valence-corrected chi connectivity index (χ2v) is 18.1. The van der Waals surface area contributed by atoms with E-state index in [1.54, 1.807) is 0 Å². The van der Waals surface area contributed by atoms with E-state index in [1.165, 1.54) is 88.3 Å². The molecule has 0 saturated carbocycles. The highest BCUT2D eigenvalue weighted by Crippen LogP contribution is 2.49. The summed E-state index contributed by atoms with van der Waals surface area (Å²) in [6.45, 7) is 8.60. The van der Waals surface area contributed by atoms with Crippen LogP contribution in [0.2, 0.25) is 0 Å². The van der Waals surface area contributed by atoms with E-state index >= 15 is 0 Å². The van der Waals surface area contributed by atoms with Gasteiger partial charge in [0.15, 0.2) is 0 Å². The Morgan fingerprint density at radius 1 is 0.206 bits per heavy atom. The Balaban J connectivity index is 1.22. The average molecular weight is 873 g/mol. The molecule has 11 rings (SSSR count). The lowest BCUT2D eigenvalue weighted by Crippen LogP contribution is -2.10. The lowest BCUT2D eigenvalue weighted by atomic mass is 9.84. The molecule has 11 aromatic carbocycles. The minimum Gasteiger partial charge on any atom is -0.310 e. The molecule has 326 valence electrons.